The lowest BCUT2D eigenvalue weighted by Crippen LogP contribution is -2.45. The highest BCUT2D eigenvalue weighted by Crippen LogP contribution is 2.38. The monoisotopic (exact) mass is 714 g/mol. The highest BCUT2D eigenvalue weighted by molar-refractivity contribution is 6.11. The van der Waals surface area contributed by atoms with Gasteiger partial charge >= 0.3 is 12.1 Å². The Morgan fingerprint density at radius 3 is 1.98 bits per heavy atom. The number of ether oxygens (including phenoxy) is 7. The Bertz CT molecular complexity index is 1670. The molecule has 0 bridgehead atoms. The van der Waals surface area contributed by atoms with Crippen molar-refractivity contribution in [1.82, 2.24) is 10.2 Å². The van der Waals surface area contributed by atoms with Crippen molar-refractivity contribution in [2.24, 2.45) is 0 Å². The Morgan fingerprint density at radius 1 is 0.745 bits per heavy atom. The Balaban J connectivity index is 1.37. The summed E-state index contributed by atoms with van der Waals surface area (Å²) < 4.78 is 51.6. The van der Waals surface area contributed by atoms with Crippen LogP contribution in [0.4, 0.5) is 9.18 Å². The number of carbonyl (C=O) groups is 4. The van der Waals surface area contributed by atoms with E-state index in [2.05, 4.69) is 5.32 Å². The molecule has 3 aromatic carbocycles. The van der Waals surface area contributed by atoms with Crippen molar-refractivity contribution in [1.29, 1.82) is 0 Å². The van der Waals surface area contributed by atoms with Crippen molar-refractivity contribution >= 4 is 23.8 Å². The fourth-order valence-electron chi connectivity index (χ4n) is 5.19. The van der Waals surface area contributed by atoms with Crippen molar-refractivity contribution in [2.45, 2.75) is 25.3 Å². The van der Waals surface area contributed by atoms with Crippen molar-refractivity contribution < 1.29 is 66.5 Å². The summed E-state index contributed by atoms with van der Waals surface area (Å²) >= 11 is 0. The van der Waals surface area contributed by atoms with Crippen molar-refractivity contribution in [2.75, 3.05) is 62.2 Å². The molecule has 1 fully saturated rings. The molecule has 0 aromatic heterocycles. The molecule has 1 saturated heterocycles. The van der Waals surface area contributed by atoms with E-state index in [1.54, 1.807) is 0 Å². The van der Waals surface area contributed by atoms with E-state index in [0.29, 0.717) is 25.8 Å². The molecule has 1 unspecified atom stereocenters. The largest absolute Gasteiger partial charge is 0.494 e. The second-order valence-electron chi connectivity index (χ2n) is 11.0. The van der Waals surface area contributed by atoms with Gasteiger partial charge in [-0.15, -0.1) is 0 Å². The van der Waals surface area contributed by atoms with Crippen LogP contribution in [0.5, 0.6) is 28.7 Å². The van der Waals surface area contributed by atoms with Crippen LogP contribution < -0.4 is 29.0 Å². The molecule has 16 heteroatoms. The Morgan fingerprint density at radius 2 is 1.35 bits per heavy atom. The minimum absolute atomic E-state index is 0.0304. The molecule has 4 rings (SSSR count). The van der Waals surface area contributed by atoms with E-state index in [-0.39, 0.29) is 71.1 Å². The van der Waals surface area contributed by atoms with Crippen molar-refractivity contribution in [3.05, 3.63) is 76.6 Å². The number of nitrogens with one attached hydrogen (secondary N) is 1. The van der Waals surface area contributed by atoms with Gasteiger partial charge in [-0.1, -0.05) is 12.1 Å². The number of amides is 2. The second-order valence-corrected chi connectivity index (χ2v) is 11.0. The van der Waals surface area contributed by atoms with Gasteiger partial charge in [-0.05, 0) is 55.7 Å². The van der Waals surface area contributed by atoms with E-state index >= 15 is 4.39 Å². The van der Waals surface area contributed by atoms with Crippen LogP contribution in [0.1, 0.15) is 55.9 Å². The van der Waals surface area contributed by atoms with E-state index in [0.717, 1.165) is 0 Å². The molecule has 1 aliphatic rings. The van der Waals surface area contributed by atoms with Crippen molar-refractivity contribution in [3.8, 4) is 28.7 Å². The molecular formula is C35H39FN2O13. The van der Waals surface area contributed by atoms with Crippen LogP contribution in [0.25, 0.3) is 0 Å². The van der Waals surface area contributed by atoms with E-state index in [1.165, 1.54) is 89.0 Å². The first-order chi connectivity index (χ1) is 24.6. The number of likely N-dealkylation sites (tertiary alicyclic amines) is 1. The third-order valence-electron chi connectivity index (χ3n) is 7.73. The predicted molar refractivity (Wildman–Crippen MR) is 176 cm³/mol. The number of rotatable bonds is 14. The lowest BCUT2D eigenvalue weighted by atomic mass is 10.00. The van der Waals surface area contributed by atoms with E-state index in [1.807, 2.05) is 0 Å². The topological polar surface area (TPSA) is 167 Å². The maximum atomic E-state index is 15.1. The molecule has 1 atom stereocenters. The number of methoxy groups -OCH3 is 5. The lowest BCUT2D eigenvalue weighted by molar-refractivity contribution is -0.192. The van der Waals surface area contributed by atoms with Crippen LogP contribution in [-0.2, 0) is 19.2 Å². The molecule has 274 valence electrons. The van der Waals surface area contributed by atoms with Gasteiger partial charge in [0.05, 0.1) is 26.9 Å². The maximum absolute atomic E-state index is 15.1. The summed E-state index contributed by atoms with van der Waals surface area (Å²) in [6.45, 7) is 0.0894. The normalized spacial score (nSPS) is 14.1. The maximum Gasteiger partial charge on any atom is 0.453 e. The molecule has 51 heavy (non-hydrogen) atoms. The number of benzene rings is 3. The first-order valence-corrected chi connectivity index (χ1v) is 15.6. The average Bonchev–Trinajstić information content (AvgIpc) is 3.40. The average molecular weight is 715 g/mol. The van der Waals surface area contributed by atoms with Crippen LogP contribution in [0.15, 0.2) is 48.5 Å². The first kappa shape index (κ1) is 38.2. The molecule has 3 aromatic rings. The summed E-state index contributed by atoms with van der Waals surface area (Å²) in [5, 5.41) is 2.92. The summed E-state index contributed by atoms with van der Waals surface area (Å²) in [7, 11) is 6.95. The molecule has 15 nitrogen and oxygen atoms in total. The molecule has 1 aliphatic heterocycles. The van der Waals surface area contributed by atoms with Crippen LogP contribution in [0, 0.1) is 5.82 Å². The summed E-state index contributed by atoms with van der Waals surface area (Å²) in [6, 6.07) is 10.3. The minimum Gasteiger partial charge on any atom is -0.494 e. The quantitative estimate of drug-likeness (QED) is 0.107. The Labute approximate surface area is 293 Å². The molecule has 0 spiro atoms. The minimum atomic E-state index is -1.01. The van der Waals surface area contributed by atoms with Crippen LogP contribution in [0.2, 0.25) is 0 Å². The Hall–Kier alpha value is -5.61. The third-order valence-corrected chi connectivity index (χ3v) is 7.73. The highest BCUT2D eigenvalue weighted by atomic mass is 19.1. The summed E-state index contributed by atoms with van der Waals surface area (Å²) in [6.07, 6.45) is 0.958. The molecular weight excluding hydrogens is 675 g/mol. The number of hydrogen-bond donors (Lipinski definition) is 1. The smallest absolute Gasteiger partial charge is 0.453 e. The fourth-order valence-corrected chi connectivity index (χ4v) is 5.19. The lowest BCUT2D eigenvalue weighted by Gasteiger charge is -2.24. The summed E-state index contributed by atoms with van der Waals surface area (Å²) in [5.74, 6) is -2.55. The first-order valence-electron chi connectivity index (χ1n) is 15.6. The SMILES string of the molecule is COCOc1ccc(OC)c(F)c1C(=O)c1ccc(C(=O)OOC(=O)N2CCCCC(NC(=O)c3cc(OC)c(OCOC)c(OC)c3)C2)cc1. The molecule has 0 aliphatic carbocycles. The van der Waals surface area contributed by atoms with Gasteiger partial charge in [0.15, 0.2) is 42.4 Å². The summed E-state index contributed by atoms with van der Waals surface area (Å²) in [4.78, 5) is 63.1. The van der Waals surface area contributed by atoms with Crippen molar-refractivity contribution in [3.63, 3.8) is 0 Å². The number of nitrogens with zero attached hydrogens (tertiary/aromatic N) is 1. The van der Waals surface area contributed by atoms with E-state index in [9.17, 15) is 19.2 Å². The fraction of sp³-hybridized carbons (Fsp3) is 0.371. The molecule has 1 heterocycles. The molecule has 0 saturated carbocycles. The number of ketones is 1. The second kappa shape index (κ2) is 18.4. The van der Waals surface area contributed by atoms with E-state index in [4.69, 9.17) is 42.9 Å². The molecule has 1 N–H and O–H groups in total. The zero-order chi connectivity index (χ0) is 36.9. The van der Waals surface area contributed by atoms with Crippen LogP contribution in [-0.4, -0.2) is 96.9 Å². The number of halogens is 1. The van der Waals surface area contributed by atoms with E-state index < -0.39 is 35.6 Å². The number of carbonyl (C=O) groups excluding carboxylic acids is 4. The summed E-state index contributed by atoms with van der Waals surface area (Å²) in [5.41, 5.74) is -0.163. The number of hydrogen-bond acceptors (Lipinski definition) is 13. The third kappa shape index (κ3) is 9.55. The zero-order valence-corrected chi connectivity index (χ0v) is 28.8. The van der Waals surface area contributed by atoms with Gasteiger partial charge in [0.1, 0.15) is 11.3 Å². The van der Waals surface area contributed by atoms with Crippen LogP contribution >= 0.6 is 0 Å². The zero-order valence-electron chi connectivity index (χ0n) is 28.8. The van der Waals surface area contributed by atoms with Gasteiger partial charge in [-0.25, -0.2) is 23.8 Å². The van der Waals surface area contributed by atoms with Gasteiger partial charge < -0.3 is 43.4 Å². The van der Waals surface area contributed by atoms with Gasteiger partial charge in [0, 0.05) is 44.5 Å². The van der Waals surface area contributed by atoms with Gasteiger partial charge in [0.2, 0.25) is 5.75 Å². The van der Waals surface area contributed by atoms with Gasteiger partial charge in [-0.2, -0.15) is 0 Å². The van der Waals surface area contributed by atoms with Gasteiger partial charge in [-0.3, -0.25) is 9.59 Å². The predicted octanol–water partition coefficient (Wildman–Crippen LogP) is 4.54. The Kier molecular flexibility index (Phi) is 13.8. The molecule has 0 radical (unpaired) electrons. The van der Waals surface area contributed by atoms with Crippen LogP contribution in [0.3, 0.4) is 0 Å². The standard InChI is InChI=1S/C35H39FN2O13/c1-43-19-48-25-13-14-26(45-3)30(36)29(25)31(39)21-9-11-22(12-10-21)34(41)50-51-35(42)38-15-7-6-8-24(18-38)37-33(40)23-16-27(46-4)32(49-20-44-2)28(17-23)47-5/h9-14,16-17,24H,6-8,15,18-20H2,1-5H3,(H,37,40). The van der Waals surface area contributed by atoms with Gasteiger partial charge in [0.25, 0.3) is 5.91 Å². The highest BCUT2D eigenvalue weighted by Gasteiger charge is 2.28. The molecule has 2 amide bonds.